The van der Waals surface area contributed by atoms with Gasteiger partial charge in [0.15, 0.2) is 5.78 Å². The van der Waals surface area contributed by atoms with E-state index >= 15 is 0 Å². The number of hydrogen-bond donors (Lipinski definition) is 0. The molecule has 4 heteroatoms. The van der Waals surface area contributed by atoms with Crippen molar-refractivity contribution in [2.45, 2.75) is 13.8 Å². The normalized spacial score (nSPS) is 9.92. The van der Waals surface area contributed by atoms with E-state index in [1.54, 1.807) is 11.7 Å². The molecule has 0 aliphatic heterocycles. The van der Waals surface area contributed by atoms with E-state index in [1.807, 2.05) is 6.92 Å². The summed E-state index contributed by atoms with van der Waals surface area (Å²) in [6.07, 6.45) is 1.52. The molecule has 0 aliphatic rings. The first kappa shape index (κ1) is 8.77. The molecule has 0 saturated heterocycles. The third-order valence-electron chi connectivity index (χ3n) is 1.54. The van der Waals surface area contributed by atoms with Crippen molar-refractivity contribution in [3.05, 3.63) is 11.8 Å². The first-order valence-electron chi connectivity index (χ1n) is 3.82. The van der Waals surface area contributed by atoms with E-state index in [-0.39, 0.29) is 5.78 Å². The smallest absolute Gasteiger partial charge is 0.222 e. The van der Waals surface area contributed by atoms with Gasteiger partial charge in [0, 0.05) is 7.05 Å². The predicted molar refractivity (Wildman–Crippen MR) is 44.4 cm³/mol. The van der Waals surface area contributed by atoms with Gasteiger partial charge in [-0.3, -0.25) is 4.79 Å². The van der Waals surface area contributed by atoms with Crippen molar-refractivity contribution in [3.8, 4) is 5.88 Å². The molecule has 66 valence electrons. The Balaban J connectivity index is 3.03. The molecular formula is C8H12N2O2. The van der Waals surface area contributed by atoms with Gasteiger partial charge in [-0.15, -0.1) is 0 Å². The number of hydrogen-bond acceptors (Lipinski definition) is 3. The molecule has 1 heterocycles. The number of carbonyl (C=O) groups excluding carboxylic acids is 1. The summed E-state index contributed by atoms with van der Waals surface area (Å²) >= 11 is 0. The van der Waals surface area contributed by atoms with Crippen LogP contribution >= 0.6 is 0 Å². The van der Waals surface area contributed by atoms with Crippen LogP contribution in [0.1, 0.15) is 24.2 Å². The first-order chi connectivity index (χ1) is 5.66. The fourth-order valence-corrected chi connectivity index (χ4v) is 0.976. The van der Waals surface area contributed by atoms with Gasteiger partial charge in [-0.2, -0.15) is 5.10 Å². The van der Waals surface area contributed by atoms with Crippen molar-refractivity contribution >= 4 is 5.78 Å². The van der Waals surface area contributed by atoms with Crippen molar-refractivity contribution in [2.24, 2.45) is 7.05 Å². The second-order valence-corrected chi connectivity index (χ2v) is 2.48. The third kappa shape index (κ3) is 1.47. The van der Waals surface area contributed by atoms with Crippen LogP contribution in [-0.4, -0.2) is 22.2 Å². The summed E-state index contributed by atoms with van der Waals surface area (Å²) in [4.78, 5) is 11.0. The molecule has 0 bridgehead atoms. The summed E-state index contributed by atoms with van der Waals surface area (Å²) in [5, 5.41) is 3.93. The number of ether oxygens (including phenoxy) is 1. The molecule has 0 N–H and O–H groups in total. The molecule has 1 rings (SSSR count). The highest BCUT2D eigenvalue weighted by Crippen LogP contribution is 2.16. The van der Waals surface area contributed by atoms with Crippen LogP contribution in [0.2, 0.25) is 0 Å². The highest BCUT2D eigenvalue weighted by molar-refractivity contribution is 5.96. The Morgan fingerprint density at radius 1 is 1.75 bits per heavy atom. The van der Waals surface area contributed by atoms with E-state index in [4.69, 9.17) is 4.74 Å². The van der Waals surface area contributed by atoms with E-state index in [9.17, 15) is 4.79 Å². The standard InChI is InChI=1S/C8H12N2O2/c1-4-12-8-7(6(2)11)5-9-10(8)3/h5H,4H2,1-3H3. The fraction of sp³-hybridized carbons (Fsp3) is 0.500. The van der Waals surface area contributed by atoms with Gasteiger partial charge in [0.1, 0.15) is 0 Å². The molecule has 0 atom stereocenters. The first-order valence-corrected chi connectivity index (χ1v) is 3.82. The van der Waals surface area contributed by atoms with Crippen LogP contribution in [0.25, 0.3) is 0 Å². The Morgan fingerprint density at radius 2 is 2.42 bits per heavy atom. The topological polar surface area (TPSA) is 44.1 Å². The van der Waals surface area contributed by atoms with E-state index in [1.165, 1.54) is 13.1 Å². The van der Waals surface area contributed by atoms with Crippen molar-refractivity contribution < 1.29 is 9.53 Å². The molecular weight excluding hydrogens is 156 g/mol. The zero-order chi connectivity index (χ0) is 9.14. The quantitative estimate of drug-likeness (QED) is 0.633. The van der Waals surface area contributed by atoms with Gasteiger partial charge in [0.25, 0.3) is 0 Å². The maximum absolute atomic E-state index is 11.0. The van der Waals surface area contributed by atoms with Crippen LogP contribution < -0.4 is 4.74 Å². The summed E-state index contributed by atoms with van der Waals surface area (Å²) in [5.74, 6) is 0.525. The Bertz CT molecular complexity index is 291. The lowest BCUT2D eigenvalue weighted by Crippen LogP contribution is -2.03. The molecule has 0 radical (unpaired) electrons. The Labute approximate surface area is 71.1 Å². The van der Waals surface area contributed by atoms with Crippen molar-refractivity contribution in [3.63, 3.8) is 0 Å². The minimum absolute atomic E-state index is 0.0217. The van der Waals surface area contributed by atoms with Crippen LogP contribution in [0.5, 0.6) is 5.88 Å². The van der Waals surface area contributed by atoms with E-state index in [0.717, 1.165) is 0 Å². The van der Waals surface area contributed by atoms with Gasteiger partial charge in [0.05, 0.1) is 18.4 Å². The zero-order valence-electron chi connectivity index (χ0n) is 7.50. The number of rotatable bonds is 3. The molecule has 0 aromatic carbocycles. The maximum Gasteiger partial charge on any atom is 0.222 e. The lowest BCUT2D eigenvalue weighted by molar-refractivity contribution is 0.101. The summed E-state index contributed by atoms with van der Waals surface area (Å²) in [6.45, 7) is 3.91. The number of aryl methyl sites for hydroxylation is 1. The fourth-order valence-electron chi connectivity index (χ4n) is 0.976. The average Bonchev–Trinajstić information content (AvgIpc) is 2.34. The van der Waals surface area contributed by atoms with Gasteiger partial charge in [-0.1, -0.05) is 0 Å². The van der Waals surface area contributed by atoms with Crippen LogP contribution in [0.15, 0.2) is 6.20 Å². The molecule has 1 aromatic rings. The van der Waals surface area contributed by atoms with Crippen molar-refractivity contribution in [1.82, 2.24) is 9.78 Å². The molecule has 1 aromatic heterocycles. The van der Waals surface area contributed by atoms with Gasteiger partial charge < -0.3 is 4.74 Å². The Morgan fingerprint density at radius 3 is 2.92 bits per heavy atom. The average molecular weight is 168 g/mol. The van der Waals surface area contributed by atoms with E-state index in [0.29, 0.717) is 18.1 Å². The van der Waals surface area contributed by atoms with Crippen molar-refractivity contribution in [1.29, 1.82) is 0 Å². The Kier molecular flexibility index (Phi) is 2.47. The highest BCUT2D eigenvalue weighted by Gasteiger charge is 2.12. The predicted octanol–water partition coefficient (Wildman–Crippen LogP) is 1.02. The minimum Gasteiger partial charge on any atom is -0.478 e. The number of Topliss-reactive ketones (excluding diaryl/α,β-unsaturated/α-hetero) is 1. The molecule has 0 unspecified atom stereocenters. The lowest BCUT2D eigenvalue weighted by atomic mass is 10.2. The SMILES string of the molecule is CCOc1c(C(C)=O)cnn1C. The van der Waals surface area contributed by atoms with Gasteiger partial charge >= 0.3 is 0 Å². The second-order valence-electron chi connectivity index (χ2n) is 2.48. The summed E-state index contributed by atoms with van der Waals surface area (Å²) < 4.78 is 6.80. The zero-order valence-corrected chi connectivity index (χ0v) is 7.50. The highest BCUT2D eigenvalue weighted by atomic mass is 16.5. The lowest BCUT2D eigenvalue weighted by Gasteiger charge is -2.03. The van der Waals surface area contributed by atoms with Crippen LogP contribution in [-0.2, 0) is 7.05 Å². The molecule has 0 saturated carbocycles. The largest absolute Gasteiger partial charge is 0.478 e. The van der Waals surface area contributed by atoms with E-state index < -0.39 is 0 Å². The van der Waals surface area contributed by atoms with Crippen molar-refractivity contribution in [2.75, 3.05) is 6.61 Å². The monoisotopic (exact) mass is 168 g/mol. The van der Waals surface area contributed by atoms with Gasteiger partial charge in [-0.05, 0) is 13.8 Å². The maximum atomic E-state index is 11.0. The number of carbonyl (C=O) groups is 1. The van der Waals surface area contributed by atoms with Gasteiger partial charge in [0.2, 0.25) is 5.88 Å². The summed E-state index contributed by atoms with van der Waals surface area (Å²) in [5.41, 5.74) is 0.541. The molecule has 0 fully saturated rings. The molecule has 0 aliphatic carbocycles. The minimum atomic E-state index is -0.0217. The molecule has 12 heavy (non-hydrogen) atoms. The van der Waals surface area contributed by atoms with E-state index in [2.05, 4.69) is 5.10 Å². The number of aromatic nitrogens is 2. The third-order valence-corrected chi connectivity index (χ3v) is 1.54. The van der Waals surface area contributed by atoms with Crippen LogP contribution in [0.3, 0.4) is 0 Å². The molecule has 0 spiro atoms. The molecule has 4 nitrogen and oxygen atoms in total. The van der Waals surface area contributed by atoms with Crippen LogP contribution in [0, 0.1) is 0 Å². The molecule has 0 amide bonds. The Hall–Kier alpha value is -1.32. The van der Waals surface area contributed by atoms with Crippen LogP contribution in [0.4, 0.5) is 0 Å². The summed E-state index contributed by atoms with van der Waals surface area (Å²) in [7, 11) is 1.75. The second kappa shape index (κ2) is 3.38. The summed E-state index contributed by atoms with van der Waals surface area (Å²) in [6, 6.07) is 0. The number of nitrogens with zero attached hydrogens (tertiary/aromatic N) is 2. The van der Waals surface area contributed by atoms with Gasteiger partial charge in [-0.25, -0.2) is 4.68 Å². The number of ketones is 1.